The fourth-order valence-corrected chi connectivity index (χ4v) is 2.50. The molecular formula is C11H19NS. The number of rotatable bonds is 1. The van der Waals surface area contributed by atoms with Crippen molar-refractivity contribution in [2.24, 2.45) is 0 Å². The fraction of sp³-hybridized carbons (Fsp3) is 0.727. The van der Waals surface area contributed by atoms with Crippen molar-refractivity contribution in [3.63, 3.8) is 0 Å². The summed E-state index contributed by atoms with van der Waals surface area (Å²) in [6.07, 6.45) is 0. The van der Waals surface area contributed by atoms with Gasteiger partial charge in [-0.2, -0.15) is 0 Å². The van der Waals surface area contributed by atoms with Gasteiger partial charge in [0.1, 0.15) is 0 Å². The molecule has 1 nitrogen and oxygen atoms in total. The summed E-state index contributed by atoms with van der Waals surface area (Å²) in [5.74, 6) is 0.541. The molecule has 0 aromatic carbocycles. The van der Waals surface area contributed by atoms with Crippen LogP contribution in [-0.2, 0) is 5.41 Å². The summed E-state index contributed by atoms with van der Waals surface area (Å²) >= 11 is 1.84. The van der Waals surface area contributed by atoms with Gasteiger partial charge < -0.3 is 0 Å². The van der Waals surface area contributed by atoms with E-state index < -0.39 is 0 Å². The second kappa shape index (κ2) is 3.41. The van der Waals surface area contributed by atoms with Gasteiger partial charge in [0, 0.05) is 4.88 Å². The monoisotopic (exact) mass is 197 g/mol. The Morgan fingerprint density at radius 1 is 1.23 bits per heavy atom. The Bertz CT molecular complexity index is 292. The molecule has 1 heterocycles. The highest BCUT2D eigenvalue weighted by molar-refractivity contribution is 7.11. The van der Waals surface area contributed by atoms with Crippen molar-refractivity contribution in [2.45, 2.75) is 52.9 Å². The van der Waals surface area contributed by atoms with Crippen molar-refractivity contribution in [1.29, 1.82) is 0 Å². The minimum absolute atomic E-state index is 0.242. The number of nitrogens with zero attached hydrogens (tertiary/aromatic N) is 1. The lowest BCUT2D eigenvalue weighted by molar-refractivity contribution is 0.587. The highest BCUT2D eigenvalue weighted by Crippen LogP contribution is 2.34. The normalized spacial score (nSPS) is 12.5. The first-order valence-electron chi connectivity index (χ1n) is 4.80. The number of hydrogen-bond donors (Lipinski definition) is 0. The van der Waals surface area contributed by atoms with E-state index in [1.54, 1.807) is 0 Å². The van der Waals surface area contributed by atoms with Crippen LogP contribution >= 0.6 is 11.3 Å². The van der Waals surface area contributed by atoms with Crippen LogP contribution in [0.15, 0.2) is 0 Å². The van der Waals surface area contributed by atoms with Crippen LogP contribution in [0.3, 0.4) is 0 Å². The summed E-state index contributed by atoms with van der Waals surface area (Å²) in [6.45, 7) is 13.3. The van der Waals surface area contributed by atoms with Crippen molar-refractivity contribution in [1.82, 2.24) is 4.98 Å². The van der Waals surface area contributed by atoms with E-state index in [1.165, 1.54) is 15.6 Å². The van der Waals surface area contributed by atoms with E-state index in [-0.39, 0.29) is 5.41 Å². The van der Waals surface area contributed by atoms with E-state index in [1.807, 2.05) is 11.3 Å². The van der Waals surface area contributed by atoms with E-state index in [9.17, 15) is 0 Å². The summed E-state index contributed by atoms with van der Waals surface area (Å²) in [5, 5.41) is 1.19. The molecule has 2 heteroatoms. The topological polar surface area (TPSA) is 12.9 Å². The molecule has 1 aromatic heterocycles. The van der Waals surface area contributed by atoms with Crippen molar-refractivity contribution < 1.29 is 0 Å². The smallest absolute Gasteiger partial charge is 0.0900 e. The maximum Gasteiger partial charge on any atom is 0.0900 e. The standard InChI is InChI=1S/C11H19NS/c1-7(2)9-10(11(4,5)6)13-8(3)12-9/h7H,1-6H3. The van der Waals surface area contributed by atoms with E-state index in [0.717, 1.165) is 0 Å². The molecule has 0 fully saturated rings. The van der Waals surface area contributed by atoms with Gasteiger partial charge in [0.25, 0.3) is 0 Å². The number of thiazole rings is 1. The minimum Gasteiger partial charge on any atom is -0.246 e. The Kier molecular flexibility index (Phi) is 2.81. The molecular weight excluding hydrogens is 178 g/mol. The van der Waals surface area contributed by atoms with Crippen molar-refractivity contribution in [3.05, 3.63) is 15.6 Å². The van der Waals surface area contributed by atoms with Gasteiger partial charge in [-0.25, -0.2) is 4.98 Å². The molecule has 0 N–H and O–H groups in total. The summed E-state index contributed by atoms with van der Waals surface area (Å²) in [4.78, 5) is 6.04. The average molecular weight is 197 g/mol. The Hall–Kier alpha value is -0.370. The third-order valence-electron chi connectivity index (χ3n) is 1.99. The van der Waals surface area contributed by atoms with Crippen LogP contribution in [0.1, 0.15) is 56.1 Å². The van der Waals surface area contributed by atoms with Crippen LogP contribution in [0.2, 0.25) is 0 Å². The van der Waals surface area contributed by atoms with E-state index in [0.29, 0.717) is 5.92 Å². The van der Waals surface area contributed by atoms with E-state index >= 15 is 0 Å². The predicted molar refractivity (Wildman–Crippen MR) is 59.6 cm³/mol. The molecule has 0 saturated carbocycles. The number of hydrogen-bond acceptors (Lipinski definition) is 2. The lowest BCUT2D eigenvalue weighted by atomic mass is 9.90. The molecule has 0 aliphatic heterocycles. The van der Waals surface area contributed by atoms with Crippen LogP contribution < -0.4 is 0 Å². The second-order valence-electron chi connectivity index (χ2n) is 4.85. The SMILES string of the molecule is Cc1nc(C(C)C)c(C(C)(C)C)s1. The molecule has 1 aromatic rings. The highest BCUT2D eigenvalue weighted by Gasteiger charge is 2.23. The maximum atomic E-state index is 4.60. The van der Waals surface area contributed by atoms with Crippen molar-refractivity contribution >= 4 is 11.3 Å². The van der Waals surface area contributed by atoms with Gasteiger partial charge in [-0.05, 0) is 18.3 Å². The molecule has 0 amide bonds. The second-order valence-corrected chi connectivity index (χ2v) is 6.06. The Morgan fingerprint density at radius 3 is 2.08 bits per heavy atom. The quantitative estimate of drug-likeness (QED) is 0.666. The third kappa shape index (κ3) is 2.31. The van der Waals surface area contributed by atoms with Gasteiger partial charge in [0.2, 0.25) is 0 Å². The molecule has 1 rings (SSSR count). The first kappa shape index (κ1) is 10.7. The van der Waals surface area contributed by atoms with Crippen molar-refractivity contribution in [2.75, 3.05) is 0 Å². The lowest BCUT2D eigenvalue weighted by Crippen LogP contribution is -2.12. The Labute approximate surface area is 85.2 Å². The zero-order valence-corrected chi connectivity index (χ0v) is 10.2. The summed E-state index contributed by atoms with van der Waals surface area (Å²) in [6, 6.07) is 0. The molecule has 0 aliphatic carbocycles. The Morgan fingerprint density at radius 2 is 1.77 bits per heavy atom. The minimum atomic E-state index is 0.242. The van der Waals surface area contributed by atoms with Crippen LogP contribution in [-0.4, -0.2) is 4.98 Å². The van der Waals surface area contributed by atoms with E-state index in [4.69, 9.17) is 0 Å². The van der Waals surface area contributed by atoms with Crippen LogP contribution in [0.5, 0.6) is 0 Å². The fourth-order valence-electron chi connectivity index (χ4n) is 1.37. The summed E-state index contributed by atoms with van der Waals surface area (Å²) in [7, 11) is 0. The molecule has 0 bridgehead atoms. The molecule has 0 radical (unpaired) electrons. The van der Waals surface area contributed by atoms with Crippen molar-refractivity contribution in [3.8, 4) is 0 Å². The maximum absolute atomic E-state index is 4.60. The number of aromatic nitrogens is 1. The first-order chi connectivity index (χ1) is 5.82. The Balaban J connectivity index is 3.20. The molecule has 74 valence electrons. The van der Waals surface area contributed by atoms with Gasteiger partial charge in [-0.15, -0.1) is 11.3 Å². The summed E-state index contributed by atoms with van der Waals surface area (Å²) < 4.78 is 0. The molecule has 0 aliphatic rings. The first-order valence-corrected chi connectivity index (χ1v) is 5.62. The third-order valence-corrected chi connectivity index (χ3v) is 3.40. The lowest BCUT2D eigenvalue weighted by Gasteiger charge is -2.19. The summed E-state index contributed by atoms with van der Waals surface area (Å²) in [5.41, 5.74) is 1.53. The van der Waals surface area contributed by atoms with E-state index in [2.05, 4.69) is 46.5 Å². The molecule has 13 heavy (non-hydrogen) atoms. The van der Waals surface area contributed by atoms with Gasteiger partial charge in [-0.3, -0.25) is 0 Å². The van der Waals surface area contributed by atoms with Crippen LogP contribution in [0.25, 0.3) is 0 Å². The van der Waals surface area contributed by atoms with Gasteiger partial charge in [0.15, 0.2) is 0 Å². The molecule has 0 atom stereocenters. The zero-order valence-electron chi connectivity index (χ0n) is 9.43. The van der Waals surface area contributed by atoms with Gasteiger partial charge in [0.05, 0.1) is 10.7 Å². The van der Waals surface area contributed by atoms with Crippen LogP contribution in [0.4, 0.5) is 0 Å². The largest absolute Gasteiger partial charge is 0.246 e. The van der Waals surface area contributed by atoms with Crippen LogP contribution in [0, 0.1) is 6.92 Å². The molecule has 0 saturated heterocycles. The zero-order chi connectivity index (χ0) is 10.2. The van der Waals surface area contributed by atoms with Gasteiger partial charge >= 0.3 is 0 Å². The predicted octanol–water partition coefficient (Wildman–Crippen LogP) is 3.87. The highest BCUT2D eigenvalue weighted by atomic mass is 32.1. The number of aryl methyl sites for hydroxylation is 1. The molecule has 0 spiro atoms. The average Bonchev–Trinajstić information content (AvgIpc) is 2.29. The van der Waals surface area contributed by atoms with Gasteiger partial charge in [-0.1, -0.05) is 34.6 Å². The molecule has 0 unspecified atom stereocenters.